The molecule has 3 heteroatoms. The Labute approximate surface area is 131 Å². The summed E-state index contributed by atoms with van der Waals surface area (Å²) in [7, 11) is 0. The first kappa shape index (κ1) is 14.6. The summed E-state index contributed by atoms with van der Waals surface area (Å²) in [6.45, 7) is 0. The van der Waals surface area contributed by atoms with Gasteiger partial charge in [0.2, 0.25) is 0 Å². The lowest BCUT2D eigenvalue weighted by molar-refractivity contribution is 0.419. The largest absolute Gasteiger partial charge is 0.271 e. The van der Waals surface area contributed by atoms with Crippen molar-refractivity contribution in [2.24, 2.45) is 5.84 Å². The molecule has 2 aromatic rings. The predicted octanol–water partition coefficient (Wildman–Crippen LogP) is 4.35. The minimum Gasteiger partial charge on any atom is -0.271 e. The number of hydrogen-bond donors (Lipinski definition) is 2. The first-order chi connectivity index (χ1) is 10.3. The Morgan fingerprint density at radius 2 is 1.95 bits per heavy atom. The Morgan fingerprint density at radius 1 is 1.14 bits per heavy atom. The minimum atomic E-state index is 0.0879. The lowest BCUT2D eigenvalue weighted by atomic mass is 9.79. The van der Waals surface area contributed by atoms with Crippen molar-refractivity contribution in [1.29, 1.82) is 0 Å². The van der Waals surface area contributed by atoms with Gasteiger partial charge in [0, 0.05) is 5.02 Å². The van der Waals surface area contributed by atoms with Crippen molar-refractivity contribution in [2.45, 2.75) is 37.6 Å². The Hall–Kier alpha value is -1.35. The zero-order valence-electron chi connectivity index (χ0n) is 12.1. The molecule has 2 nitrogen and oxygen atoms in total. The van der Waals surface area contributed by atoms with Crippen molar-refractivity contribution in [3.63, 3.8) is 0 Å². The molecule has 1 saturated carbocycles. The molecular formula is C18H21ClN2. The van der Waals surface area contributed by atoms with Gasteiger partial charge in [-0.15, -0.1) is 0 Å². The van der Waals surface area contributed by atoms with E-state index in [4.69, 9.17) is 17.4 Å². The highest BCUT2D eigenvalue weighted by molar-refractivity contribution is 6.31. The Bertz CT molecular complexity index is 608. The van der Waals surface area contributed by atoms with E-state index in [-0.39, 0.29) is 6.04 Å². The second-order valence-corrected chi connectivity index (χ2v) is 6.22. The van der Waals surface area contributed by atoms with Crippen LogP contribution < -0.4 is 11.3 Å². The molecule has 0 bridgehead atoms. The third-order valence-corrected chi connectivity index (χ3v) is 4.84. The third-order valence-electron chi connectivity index (χ3n) is 4.47. The SMILES string of the molecule is NNC(Cc1ccccc1Cl)c1cccc(C2CCC2)c1. The Kier molecular flexibility index (Phi) is 4.59. The van der Waals surface area contributed by atoms with Gasteiger partial charge in [0.15, 0.2) is 0 Å². The quantitative estimate of drug-likeness (QED) is 0.636. The van der Waals surface area contributed by atoms with Gasteiger partial charge in [-0.3, -0.25) is 11.3 Å². The topological polar surface area (TPSA) is 38.0 Å². The van der Waals surface area contributed by atoms with Gasteiger partial charge < -0.3 is 0 Å². The number of nitrogens with two attached hydrogens (primary N) is 1. The van der Waals surface area contributed by atoms with Gasteiger partial charge in [-0.25, -0.2) is 0 Å². The summed E-state index contributed by atoms with van der Waals surface area (Å²) in [5, 5.41) is 0.799. The third kappa shape index (κ3) is 3.29. The maximum Gasteiger partial charge on any atom is 0.0500 e. The van der Waals surface area contributed by atoms with Crippen LogP contribution in [0.3, 0.4) is 0 Å². The summed E-state index contributed by atoms with van der Waals surface area (Å²) in [5.41, 5.74) is 6.74. The molecule has 0 aliphatic heterocycles. The summed E-state index contributed by atoms with van der Waals surface area (Å²) in [6, 6.07) is 16.8. The second-order valence-electron chi connectivity index (χ2n) is 5.81. The first-order valence-corrected chi connectivity index (χ1v) is 7.95. The molecule has 110 valence electrons. The van der Waals surface area contributed by atoms with E-state index in [1.807, 2.05) is 18.2 Å². The van der Waals surface area contributed by atoms with Gasteiger partial charge in [0.25, 0.3) is 0 Å². The highest BCUT2D eigenvalue weighted by Gasteiger charge is 2.20. The van der Waals surface area contributed by atoms with Crippen molar-refractivity contribution < 1.29 is 0 Å². The van der Waals surface area contributed by atoms with Crippen LogP contribution in [0.5, 0.6) is 0 Å². The summed E-state index contributed by atoms with van der Waals surface area (Å²) in [6.07, 6.45) is 4.78. The number of nitrogens with one attached hydrogen (secondary N) is 1. The van der Waals surface area contributed by atoms with E-state index in [9.17, 15) is 0 Å². The number of hydrazine groups is 1. The number of benzene rings is 2. The van der Waals surface area contributed by atoms with E-state index < -0.39 is 0 Å². The maximum atomic E-state index is 6.26. The van der Waals surface area contributed by atoms with Gasteiger partial charge >= 0.3 is 0 Å². The molecule has 0 radical (unpaired) electrons. The van der Waals surface area contributed by atoms with Crippen LogP contribution in [0.25, 0.3) is 0 Å². The van der Waals surface area contributed by atoms with Gasteiger partial charge in [0.05, 0.1) is 6.04 Å². The van der Waals surface area contributed by atoms with Gasteiger partial charge in [0.1, 0.15) is 0 Å². The molecule has 21 heavy (non-hydrogen) atoms. The van der Waals surface area contributed by atoms with E-state index in [2.05, 4.69) is 35.8 Å². The average Bonchev–Trinajstić information content (AvgIpc) is 2.45. The van der Waals surface area contributed by atoms with E-state index in [0.29, 0.717) is 0 Å². The van der Waals surface area contributed by atoms with Gasteiger partial charge in [-0.05, 0) is 47.9 Å². The van der Waals surface area contributed by atoms with E-state index in [1.54, 1.807) is 0 Å². The monoisotopic (exact) mass is 300 g/mol. The van der Waals surface area contributed by atoms with E-state index >= 15 is 0 Å². The molecule has 1 unspecified atom stereocenters. The zero-order chi connectivity index (χ0) is 14.7. The van der Waals surface area contributed by atoms with Crippen LogP contribution in [0, 0.1) is 0 Å². The Balaban J connectivity index is 1.81. The predicted molar refractivity (Wildman–Crippen MR) is 88.3 cm³/mol. The molecule has 3 N–H and O–H groups in total. The molecule has 0 heterocycles. The number of hydrogen-bond acceptors (Lipinski definition) is 2. The molecule has 1 aliphatic rings. The van der Waals surface area contributed by atoms with Crippen molar-refractivity contribution >= 4 is 11.6 Å². The van der Waals surface area contributed by atoms with Crippen LogP contribution in [-0.2, 0) is 6.42 Å². The first-order valence-electron chi connectivity index (χ1n) is 7.57. The maximum absolute atomic E-state index is 6.26. The zero-order valence-corrected chi connectivity index (χ0v) is 12.8. The molecule has 0 saturated heterocycles. The van der Waals surface area contributed by atoms with Crippen molar-refractivity contribution in [3.8, 4) is 0 Å². The summed E-state index contributed by atoms with van der Waals surface area (Å²) in [4.78, 5) is 0. The fourth-order valence-corrected chi connectivity index (χ4v) is 3.14. The lowest BCUT2D eigenvalue weighted by Crippen LogP contribution is -2.29. The fourth-order valence-electron chi connectivity index (χ4n) is 2.93. The number of halogens is 1. The van der Waals surface area contributed by atoms with Crippen LogP contribution in [0.15, 0.2) is 48.5 Å². The summed E-state index contributed by atoms with van der Waals surface area (Å²) in [5.74, 6) is 6.52. The lowest BCUT2D eigenvalue weighted by Gasteiger charge is -2.27. The molecule has 0 aromatic heterocycles. The van der Waals surface area contributed by atoms with Crippen LogP contribution in [0.4, 0.5) is 0 Å². The van der Waals surface area contributed by atoms with Crippen LogP contribution in [0.2, 0.25) is 5.02 Å². The van der Waals surface area contributed by atoms with Crippen molar-refractivity contribution in [3.05, 3.63) is 70.2 Å². The number of rotatable bonds is 5. The molecule has 0 amide bonds. The molecule has 3 rings (SSSR count). The van der Waals surface area contributed by atoms with Crippen LogP contribution in [0.1, 0.15) is 47.9 Å². The highest BCUT2D eigenvalue weighted by atomic mass is 35.5. The van der Waals surface area contributed by atoms with Crippen LogP contribution >= 0.6 is 11.6 Å². The smallest absolute Gasteiger partial charge is 0.0500 e. The molecular weight excluding hydrogens is 280 g/mol. The highest BCUT2D eigenvalue weighted by Crippen LogP contribution is 2.37. The van der Waals surface area contributed by atoms with Crippen molar-refractivity contribution in [2.75, 3.05) is 0 Å². The van der Waals surface area contributed by atoms with E-state index in [1.165, 1.54) is 30.4 Å². The average molecular weight is 301 g/mol. The fraction of sp³-hybridized carbons (Fsp3) is 0.333. The Morgan fingerprint density at radius 3 is 2.62 bits per heavy atom. The van der Waals surface area contributed by atoms with Gasteiger partial charge in [-0.1, -0.05) is 60.5 Å². The van der Waals surface area contributed by atoms with Crippen LogP contribution in [-0.4, -0.2) is 0 Å². The molecule has 0 spiro atoms. The molecule has 2 aromatic carbocycles. The summed E-state index contributed by atoms with van der Waals surface area (Å²) < 4.78 is 0. The standard InChI is InChI=1S/C18H21ClN2/c19-17-10-2-1-5-15(17)12-18(21-20)16-9-4-8-14(11-16)13-6-3-7-13/h1-2,4-5,8-11,13,18,21H,3,6-7,12,20H2. The van der Waals surface area contributed by atoms with Crippen molar-refractivity contribution in [1.82, 2.24) is 5.43 Å². The molecule has 1 atom stereocenters. The normalized spacial score (nSPS) is 16.5. The van der Waals surface area contributed by atoms with Gasteiger partial charge in [-0.2, -0.15) is 0 Å². The minimum absolute atomic E-state index is 0.0879. The molecule has 1 aliphatic carbocycles. The van der Waals surface area contributed by atoms with E-state index in [0.717, 1.165) is 22.9 Å². The molecule has 1 fully saturated rings. The second kappa shape index (κ2) is 6.61. The summed E-state index contributed by atoms with van der Waals surface area (Å²) >= 11 is 6.26.